The summed E-state index contributed by atoms with van der Waals surface area (Å²) in [6, 6.07) is 9.20. The molecule has 0 aliphatic carbocycles. The number of fused-ring (bicyclic) bond motifs is 3. The first-order valence-electron chi connectivity index (χ1n) is 5.65. The predicted molar refractivity (Wildman–Crippen MR) is 69.9 cm³/mol. The van der Waals surface area contributed by atoms with Crippen LogP contribution in [-0.2, 0) is 6.61 Å². The third-order valence-corrected chi connectivity index (χ3v) is 3.19. The van der Waals surface area contributed by atoms with Crippen LogP contribution in [0.2, 0.25) is 0 Å². The summed E-state index contributed by atoms with van der Waals surface area (Å²) in [4.78, 5) is 3.22. The Morgan fingerprint density at radius 3 is 2.78 bits per heavy atom. The molecule has 0 atom stereocenters. The average molecular weight is 243 g/mol. The van der Waals surface area contributed by atoms with Crippen molar-refractivity contribution in [3.05, 3.63) is 35.9 Å². The lowest BCUT2D eigenvalue weighted by Crippen LogP contribution is -1.83. The minimum atomic E-state index is -0.182. The van der Waals surface area contributed by atoms with Crippen molar-refractivity contribution >= 4 is 21.8 Å². The smallest absolute Gasteiger partial charge is 0.142 e. The Morgan fingerprint density at radius 2 is 2.06 bits per heavy atom. The quantitative estimate of drug-likeness (QED) is 0.648. The van der Waals surface area contributed by atoms with E-state index >= 15 is 0 Å². The first-order valence-corrected chi connectivity index (χ1v) is 5.65. The highest BCUT2D eigenvalue weighted by atomic mass is 16.5. The molecule has 0 amide bonds. The molecular formula is C14H13NO3. The van der Waals surface area contributed by atoms with Gasteiger partial charge in [-0.2, -0.15) is 0 Å². The van der Waals surface area contributed by atoms with Crippen molar-refractivity contribution in [2.45, 2.75) is 6.61 Å². The summed E-state index contributed by atoms with van der Waals surface area (Å²) >= 11 is 0. The first kappa shape index (κ1) is 10.9. The van der Waals surface area contributed by atoms with Crippen molar-refractivity contribution in [3.63, 3.8) is 0 Å². The molecule has 1 aromatic heterocycles. The number of hydrogen-bond acceptors (Lipinski definition) is 3. The number of ether oxygens (including phenoxy) is 1. The Bertz CT molecular complexity index is 731. The highest BCUT2D eigenvalue weighted by Crippen LogP contribution is 2.34. The standard InChI is InChI=1S/C14H13NO3/c1-18-13-4-2-3-9-10-5-8(7-16)12(17)6-11(10)15-14(9)13/h2-6,15-17H,7H2,1H3. The third-order valence-electron chi connectivity index (χ3n) is 3.19. The number of aliphatic hydroxyl groups is 1. The van der Waals surface area contributed by atoms with Gasteiger partial charge in [0.2, 0.25) is 0 Å². The monoisotopic (exact) mass is 243 g/mol. The molecule has 4 nitrogen and oxygen atoms in total. The van der Waals surface area contributed by atoms with Crippen LogP contribution in [0.15, 0.2) is 30.3 Å². The van der Waals surface area contributed by atoms with Crippen LogP contribution in [0.25, 0.3) is 21.8 Å². The van der Waals surface area contributed by atoms with Gasteiger partial charge in [-0.3, -0.25) is 0 Å². The number of aromatic amines is 1. The number of benzene rings is 2. The normalized spacial score (nSPS) is 11.2. The van der Waals surface area contributed by atoms with Crippen LogP contribution in [-0.4, -0.2) is 22.3 Å². The fourth-order valence-electron chi connectivity index (χ4n) is 2.28. The zero-order valence-corrected chi connectivity index (χ0v) is 9.90. The van der Waals surface area contributed by atoms with E-state index in [9.17, 15) is 10.2 Å². The lowest BCUT2D eigenvalue weighted by molar-refractivity contribution is 0.276. The van der Waals surface area contributed by atoms with Gasteiger partial charge in [-0.15, -0.1) is 0 Å². The number of phenols is 1. The van der Waals surface area contributed by atoms with Crippen LogP contribution < -0.4 is 4.74 Å². The second-order valence-electron chi connectivity index (χ2n) is 4.19. The van der Waals surface area contributed by atoms with Crippen LogP contribution >= 0.6 is 0 Å². The SMILES string of the molecule is COc1cccc2c1[nH]c1cc(O)c(CO)cc12. The zero-order valence-electron chi connectivity index (χ0n) is 9.90. The van der Waals surface area contributed by atoms with Crippen LogP contribution in [0.3, 0.4) is 0 Å². The Labute approximate surface area is 103 Å². The van der Waals surface area contributed by atoms with Gasteiger partial charge in [-0.1, -0.05) is 12.1 Å². The van der Waals surface area contributed by atoms with E-state index in [1.807, 2.05) is 18.2 Å². The van der Waals surface area contributed by atoms with Gasteiger partial charge >= 0.3 is 0 Å². The maximum absolute atomic E-state index is 9.75. The van der Waals surface area contributed by atoms with Crippen LogP contribution in [0.5, 0.6) is 11.5 Å². The topological polar surface area (TPSA) is 65.5 Å². The molecule has 0 bridgehead atoms. The van der Waals surface area contributed by atoms with E-state index in [4.69, 9.17) is 4.74 Å². The third kappa shape index (κ3) is 1.43. The number of aromatic hydroxyl groups is 1. The van der Waals surface area contributed by atoms with Gasteiger partial charge in [0.25, 0.3) is 0 Å². The molecule has 0 aliphatic heterocycles. The highest BCUT2D eigenvalue weighted by molar-refractivity contribution is 6.09. The van der Waals surface area contributed by atoms with Crippen molar-refractivity contribution in [3.8, 4) is 11.5 Å². The predicted octanol–water partition coefficient (Wildman–Crippen LogP) is 2.53. The number of rotatable bonds is 2. The van der Waals surface area contributed by atoms with Crippen molar-refractivity contribution in [2.75, 3.05) is 7.11 Å². The number of hydrogen-bond donors (Lipinski definition) is 3. The maximum atomic E-state index is 9.75. The molecule has 0 unspecified atom stereocenters. The molecule has 1 heterocycles. The number of H-pyrrole nitrogens is 1. The lowest BCUT2D eigenvalue weighted by Gasteiger charge is -2.01. The largest absolute Gasteiger partial charge is 0.508 e. The molecule has 0 saturated heterocycles. The molecule has 92 valence electrons. The summed E-state index contributed by atoms with van der Waals surface area (Å²) in [5.41, 5.74) is 2.24. The first-order chi connectivity index (χ1) is 8.74. The van der Waals surface area contributed by atoms with E-state index in [1.165, 1.54) is 0 Å². The number of aliphatic hydroxyl groups excluding tert-OH is 1. The van der Waals surface area contributed by atoms with E-state index in [2.05, 4.69) is 4.98 Å². The van der Waals surface area contributed by atoms with Crippen LogP contribution in [0.1, 0.15) is 5.56 Å². The molecule has 0 fully saturated rings. The Kier molecular flexibility index (Phi) is 2.38. The van der Waals surface area contributed by atoms with E-state index in [1.54, 1.807) is 19.2 Å². The molecule has 18 heavy (non-hydrogen) atoms. The zero-order chi connectivity index (χ0) is 12.7. The molecular weight excluding hydrogens is 230 g/mol. The lowest BCUT2D eigenvalue weighted by atomic mass is 10.1. The van der Waals surface area contributed by atoms with Gasteiger partial charge in [-0.25, -0.2) is 0 Å². The Hall–Kier alpha value is -2.20. The summed E-state index contributed by atoms with van der Waals surface area (Å²) in [6.07, 6.45) is 0. The van der Waals surface area contributed by atoms with Crippen molar-refractivity contribution in [1.82, 2.24) is 4.98 Å². The molecule has 0 saturated carbocycles. The van der Waals surface area contributed by atoms with Crippen molar-refractivity contribution < 1.29 is 14.9 Å². The molecule has 0 radical (unpaired) electrons. The van der Waals surface area contributed by atoms with E-state index in [0.29, 0.717) is 5.56 Å². The Morgan fingerprint density at radius 1 is 1.22 bits per heavy atom. The van der Waals surface area contributed by atoms with Crippen molar-refractivity contribution in [1.29, 1.82) is 0 Å². The summed E-state index contributed by atoms with van der Waals surface area (Å²) in [5.74, 6) is 0.851. The minimum absolute atomic E-state index is 0.0931. The van der Waals surface area contributed by atoms with Gasteiger partial charge in [-0.05, 0) is 12.1 Å². The van der Waals surface area contributed by atoms with Gasteiger partial charge in [0.1, 0.15) is 11.5 Å². The number of para-hydroxylation sites is 1. The van der Waals surface area contributed by atoms with Gasteiger partial charge in [0, 0.05) is 22.4 Å². The van der Waals surface area contributed by atoms with Gasteiger partial charge in [0.05, 0.1) is 24.8 Å². The van der Waals surface area contributed by atoms with E-state index in [-0.39, 0.29) is 12.4 Å². The number of methoxy groups -OCH3 is 1. The minimum Gasteiger partial charge on any atom is -0.508 e. The fourth-order valence-corrected chi connectivity index (χ4v) is 2.28. The molecule has 3 rings (SSSR count). The van der Waals surface area contributed by atoms with Crippen LogP contribution in [0.4, 0.5) is 0 Å². The summed E-state index contributed by atoms with van der Waals surface area (Å²) in [7, 11) is 1.62. The van der Waals surface area contributed by atoms with E-state index < -0.39 is 0 Å². The Balaban J connectivity index is 2.44. The van der Waals surface area contributed by atoms with Gasteiger partial charge in [0.15, 0.2) is 0 Å². The highest BCUT2D eigenvalue weighted by Gasteiger charge is 2.11. The molecule has 3 aromatic rings. The van der Waals surface area contributed by atoms with Gasteiger partial charge < -0.3 is 19.9 Å². The molecule has 3 N–H and O–H groups in total. The second-order valence-corrected chi connectivity index (χ2v) is 4.19. The maximum Gasteiger partial charge on any atom is 0.142 e. The molecule has 4 heteroatoms. The van der Waals surface area contributed by atoms with E-state index in [0.717, 1.165) is 27.6 Å². The summed E-state index contributed by atoms with van der Waals surface area (Å²) in [6.45, 7) is -0.182. The molecule has 0 aliphatic rings. The number of nitrogens with one attached hydrogen (secondary N) is 1. The second kappa shape index (κ2) is 3.92. The van der Waals surface area contributed by atoms with Crippen LogP contribution in [0, 0.1) is 0 Å². The summed E-state index contributed by atoms with van der Waals surface area (Å²) in [5, 5.41) is 20.9. The van der Waals surface area contributed by atoms with Crippen molar-refractivity contribution in [2.24, 2.45) is 0 Å². The fraction of sp³-hybridized carbons (Fsp3) is 0.143. The summed E-state index contributed by atoms with van der Waals surface area (Å²) < 4.78 is 5.30. The average Bonchev–Trinajstić information content (AvgIpc) is 2.74. The molecule has 2 aromatic carbocycles. The number of aromatic nitrogens is 1. The molecule has 0 spiro atoms.